The molecule has 7 heteroatoms. The van der Waals surface area contributed by atoms with Crippen molar-refractivity contribution in [1.29, 1.82) is 0 Å². The minimum atomic E-state index is -0.785. The summed E-state index contributed by atoms with van der Waals surface area (Å²) in [4.78, 5) is 33.2. The number of hydrogen-bond acceptors (Lipinski definition) is 3. The maximum Gasteiger partial charge on any atom is 0.312 e. The van der Waals surface area contributed by atoms with Gasteiger partial charge in [-0.3, -0.25) is 9.59 Å². The average Bonchev–Trinajstić information content (AvgIpc) is 2.10. The zero-order valence-electron chi connectivity index (χ0n) is 10.6. The molecule has 0 bridgehead atoms. The van der Waals surface area contributed by atoms with Gasteiger partial charge >= 0.3 is 6.03 Å². The van der Waals surface area contributed by atoms with Gasteiger partial charge in [-0.25, -0.2) is 4.79 Å². The van der Waals surface area contributed by atoms with Gasteiger partial charge in [-0.2, -0.15) is 0 Å². The smallest absolute Gasteiger partial charge is 0.312 e. The summed E-state index contributed by atoms with van der Waals surface area (Å²) in [5.74, 6) is -0.759. The van der Waals surface area contributed by atoms with Gasteiger partial charge in [0, 0.05) is 5.54 Å². The molecule has 17 heavy (non-hydrogen) atoms. The molecule has 0 aromatic carbocycles. The van der Waals surface area contributed by atoms with Crippen molar-refractivity contribution in [3.05, 3.63) is 0 Å². The van der Waals surface area contributed by atoms with E-state index in [0.29, 0.717) is 0 Å². The molecular formula is C10H20N4O3. The molecule has 0 aliphatic rings. The van der Waals surface area contributed by atoms with E-state index >= 15 is 0 Å². The van der Waals surface area contributed by atoms with Crippen molar-refractivity contribution in [2.75, 3.05) is 6.54 Å². The highest BCUT2D eigenvalue weighted by atomic mass is 16.2. The number of nitrogens with one attached hydrogen (secondary N) is 3. The van der Waals surface area contributed by atoms with Gasteiger partial charge in [-0.15, -0.1) is 0 Å². The summed E-state index contributed by atoms with van der Waals surface area (Å²) < 4.78 is 0. The molecular weight excluding hydrogens is 224 g/mol. The van der Waals surface area contributed by atoms with Crippen LogP contribution in [0.1, 0.15) is 27.7 Å². The molecule has 0 saturated carbocycles. The second-order valence-corrected chi connectivity index (χ2v) is 4.75. The minimum absolute atomic E-state index is 0.138. The summed E-state index contributed by atoms with van der Waals surface area (Å²) >= 11 is 0. The Bertz CT molecular complexity index is 309. The first-order valence-corrected chi connectivity index (χ1v) is 5.26. The minimum Gasteiger partial charge on any atom is -0.352 e. The Kier molecular flexibility index (Phi) is 5.43. The van der Waals surface area contributed by atoms with Crippen LogP contribution in [0.4, 0.5) is 4.79 Å². The molecule has 1 unspecified atom stereocenters. The molecule has 7 nitrogen and oxygen atoms in total. The van der Waals surface area contributed by atoms with Crippen LogP contribution in [0.25, 0.3) is 0 Å². The summed E-state index contributed by atoms with van der Waals surface area (Å²) in [6, 6.07) is -1.55. The molecule has 0 aromatic heterocycles. The van der Waals surface area contributed by atoms with Crippen LogP contribution < -0.4 is 21.7 Å². The lowest BCUT2D eigenvalue weighted by molar-refractivity contribution is -0.127. The van der Waals surface area contributed by atoms with Crippen LogP contribution >= 0.6 is 0 Å². The molecule has 0 saturated heterocycles. The lowest BCUT2D eigenvalue weighted by Crippen LogP contribution is -2.50. The van der Waals surface area contributed by atoms with Crippen molar-refractivity contribution in [3.8, 4) is 0 Å². The van der Waals surface area contributed by atoms with Crippen molar-refractivity contribution in [2.24, 2.45) is 5.73 Å². The quantitative estimate of drug-likeness (QED) is 0.512. The molecule has 0 aliphatic carbocycles. The van der Waals surface area contributed by atoms with Crippen LogP contribution in [0.5, 0.6) is 0 Å². The van der Waals surface area contributed by atoms with E-state index in [2.05, 4.69) is 16.0 Å². The summed E-state index contributed by atoms with van der Waals surface area (Å²) in [5.41, 5.74) is 4.51. The summed E-state index contributed by atoms with van der Waals surface area (Å²) in [6.45, 7) is 6.85. The van der Waals surface area contributed by atoms with Gasteiger partial charge in [-0.05, 0) is 27.7 Å². The molecule has 0 fully saturated rings. The Morgan fingerprint density at radius 1 is 1.24 bits per heavy atom. The number of carbonyl (C=O) groups is 3. The van der Waals surface area contributed by atoms with Crippen molar-refractivity contribution in [2.45, 2.75) is 39.3 Å². The molecule has 98 valence electrons. The largest absolute Gasteiger partial charge is 0.352 e. The third kappa shape index (κ3) is 8.06. The number of primary amides is 1. The fourth-order valence-corrected chi connectivity index (χ4v) is 1.06. The lowest BCUT2D eigenvalue weighted by atomic mass is 10.1. The highest BCUT2D eigenvalue weighted by Gasteiger charge is 2.17. The molecule has 0 aromatic rings. The first-order chi connectivity index (χ1) is 7.61. The SMILES string of the molecule is CC(NC(N)=O)C(=O)NCC(=O)NC(C)(C)C. The molecule has 4 amide bonds. The number of urea groups is 1. The van der Waals surface area contributed by atoms with E-state index in [9.17, 15) is 14.4 Å². The van der Waals surface area contributed by atoms with E-state index in [-0.39, 0.29) is 18.0 Å². The van der Waals surface area contributed by atoms with Crippen LogP contribution in [0, 0.1) is 0 Å². The zero-order valence-corrected chi connectivity index (χ0v) is 10.6. The summed E-state index contributed by atoms with van der Waals surface area (Å²) in [7, 11) is 0. The number of rotatable bonds is 4. The number of carbonyl (C=O) groups excluding carboxylic acids is 3. The number of nitrogens with two attached hydrogens (primary N) is 1. The fraction of sp³-hybridized carbons (Fsp3) is 0.700. The standard InChI is InChI=1S/C10H20N4O3/c1-6(13-9(11)17)8(16)12-5-7(15)14-10(2,3)4/h6H,5H2,1-4H3,(H,12,16)(H,14,15)(H3,11,13,17). The zero-order chi connectivity index (χ0) is 13.6. The van der Waals surface area contributed by atoms with Gasteiger partial charge in [0.05, 0.1) is 6.54 Å². The van der Waals surface area contributed by atoms with Gasteiger partial charge in [0.15, 0.2) is 0 Å². The second kappa shape index (κ2) is 6.07. The Balaban J connectivity index is 4.00. The maximum absolute atomic E-state index is 11.4. The van der Waals surface area contributed by atoms with Gasteiger partial charge in [0.2, 0.25) is 11.8 Å². The number of hydrogen-bond donors (Lipinski definition) is 4. The second-order valence-electron chi connectivity index (χ2n) is 4.75. The highest BCUT2D eigenvalue weighted by Crippen LogP contribution is 1.97. The molecule has 0 radical (unpaired) electrons. The van der Waals surface area contributed by atoms with E-state index in [1.165, 1.54) is 6.92 Å². The summed E-state index contributed by atoms with van der Waals surface area (Å²) in [6.07, 6.45) is 0. The van der Waals surface area contributed by atoms with Crippen LogP contribution in [0.15, 0.2) is 0 Å². The van der Waals surface area contributed by atoms with Gasteiger partial charge in [0.25, 0.3) is 0 Å². The average molecular weight is 244 g/mol. The Morgan fingerprint density at radius 2 is 1.76 bits per heavy atom. The molecule has 0 spiro atoms. The summed E-state index contributed by atoms with van der Waals surface area (Å²) in [5, 5.41) is 7.29. The van der Waals surface area contributed by atoms with E-state index in [1.807, 2.05) is 20.8 Å². The van der Waals surface area contributed by atoms with Crippen LogP contribution in [-0.4, -0.2) is 36.0 Å². The topological polar surface area (TPSA) is 113 Å². The molecule has 0 heterocycles. The lowest BCUT2D eigenvalue weighted by Gasteiger charge is -2.21. The van der Waals surface area contributed by atoms with E-state index in [4.69, 9.17) is 5.73 Å². The Hall–Kier alpha value is -1.79. The highest BCUT2D eigenvalue weighted by molar-refractivity contribution is 5.89. The van der Waals surface area contributed by atoms with Crippen molar-refractivity contribution >= 4 is 17.8 Å². The van der Waals surface area contributed by atoms with Crippen molar-refractivity contribution in [3.63, 3.8) is 0 Å². The Labute approximate surface area is 100 Å². The predicted octanol–water partition coefficient (Wildman–Crippen LogP) is -0.926. The molecule has 1 atom stereocenters. The third-order valence-corrected chi connectivity index (χ3v) is 1.69. The van der Waals surface area contributed by atoms with Crippen molar-refractivity contribution in [1.82, 2.24) is 16.0 Å². The monoisotopic (exact) mass is 244 g/mol. The van der Waals surface area contributed by atoms with Crippen molar-refractivity contribution < 1.29 is 14.4 Å². The normalized spacial score (nSPS) is 12.5. The predicted molar refractivity (Wildman–Crippen MR) is 63.1 cm³/mol. The fourth-order valence-electron chi connectivity index (χ4n) is 1.06. The number of amides is 4. The van der Waals surface area contributed by atoms with E-state index in [1.54, 1.807) is 0 Å². The van der Waals surface area contributed by atoms with Gasteiger partial charge in [0.1, 0.15) is 6.04 Å². The van der Waals surface area contributed by atoms with Gasteiger partial charge < -0.3 is 21.7 Å². The third-order valence-electron chi connectivity index (χ3n) is 1.69. The van der Waals surface area contributed by atoms with Gasteiger partial charge in [-0.1, -0.05) is 0 Å². The molecule has 5 N–H and O–H groups in total. The van der Waals surface area contributed by atoms with E-state index < -0.39 is 18.0 Å². The molecule has 0 rings (SSSR count). The van der Waals surface area contributed by atoms with Crippen LogP contribution in [-0.2, 0) is 9.59 Å². The van der Waals surface area contributed by atoms with Crippen LogP contribution in [0.2, 0.25) is 0 Å². The first-order valence-electron chi connectivity index (χ1n) is 5.26. The molecule has 0 aliphatic heterocycles. The van der Waals surface area contributed by atoms with Crippen LogP contribution in [0.3, 0.4) is 0 Å². The van der Waals surface area contributed by atoms with E-state index in [0.717, 1.165) is 0 Å². The maximum atomic E-state index is 11.4. The Morgan fingerprint density at radius 3 is 2.18 bits per heavy atom. The first kappa shape index (κ1) is 15.2.